The van der Waals surface area contributed by atoms with Crippen molar-refractivity contribution in [2.24, 2.45) is 0 Å². The van der Waals surface area contributed by atoms with Gasteiger partial charge in [0.2, 0.25) is 0 Å². The third-order valence-corrected chi connectivity index (χ3v) is 4.33. The van der Waals surface area contributed by atoms with Crippen LogP contribution in [-0.2, 0) is 14.0 Å². The van der Waals surface area contributed by atoms with Crippen LogP contribution in [0.15, 0.2) is 47.4 Å². The minimum Gasteiger partial charge on any atom is -0.468 e. The summed E-state index contributed by atoms with van der Waals surface area (Å²) < 4.78 is 17.5. The molecule has 0 aromatic carbocycles. The predicted molar refractivity (Wildman–Crippen MR) is 93.6 cm³/mol. The second kappa shape index (κ2) is 7.54. The van der Waals surface area contributed by atoms with Crippen molar-refractivity contribution >= 4 is 18.7 Å². The first-order valence-electron chi connectivity index (χ1n) is 7.42. The Kier molecular flexibility index (Phi) is 6.54. The maximum Gasteiger partial charge on any atom is 0.462 e. The summed E-state index contributed by atoms with van der Waals surface area (Å²) in [7, 11) is -0.259. The number of hydrogen-bond acceptors (Lipinski definition) is 3. The van der Waals surface area contributed by atoms with Crippen molar-refractivity contribution < 1.29 is 14.0 Å². The SMILES string of the molecule is C=C/C=C\C(Cl)=C(/C)O/C=C(\C)CB1OC(C)(C)C(C)(C)O1. The molecule has 0 unspecified atom stereocenters. The first kappa shape index (κ1) is 19.1. The Morgan fingerprint density at radius 2 is 1.73 bits per heavy atom. The molecule has 22 heavy (non-hydrogen) atoms. The normalized spacial score (nSPS) is 22.0. The molecule has 1 rings (SSSR count). The van der Waals surface area contributed by atoms with Crippen molar-refractivity contribution in [1.82, 2.24) is 0 Å². The second-order valence-corrected chi connectivity index (χ2v) is 6.88. The molecule has 3 nitrogen and oxygen atoms in total. The minimum absolute atomic E-state index is 0.259. The highest BCUT2D eigenvalue weighted by Gasteiger charge is 2.50. The van der Waals surface area contributed by atoms with Gasteiger partial charge in [0.1, 0.15) is 5.76 Å². The molecule has 122 valence electrons. The molecule has 1 saturated heterocycles. The number of hydrogen-bond donors (Lipinski definition) is 0. The molecule has 0 bridgehead atoms. The lowest BCUT2D eigenvalue weighted by Crippen LogP contribution is -2.41. The van der Waals surface area contributed by atoms with E-state index in [4.69, 9.17) is 25.6 Å². The van der Waals surface area contributed by atoms with Crippen LogP contribution in [0.1, 0.15) is 41.5 Å². The zero-order valence-corrected chi connectivity index (χ0v) is 15.2. The monoisotopic (exact) mass is 324 g/mol. The van der Waals surface area contributed by atoms with Crippen LogP contribution in [-0.4, -0.2) is 18.3 Å². The Hall–Kier alpha value is -0.965. The van der Waals surface area contributed by atoms with Gasteiger partial charge in [0.25, 0.3) is 0 Å². The van der Waals surface area contributed by atoms with E-state index in [-0.39, 0.29) is 18.3 Å². The van der Waals surface area contributed by atoms with Gasteiger partial charge in [0.15, 0.2) is 0 Å². The zero-order chi connectivity index (χ0) is 17.0. The van der Waals surface area contributed by atoms with E-state index in [1.165, 1.54) is 0 Å². The molecular weight excluding hydrogens is 298 g/mol. The van der Waals surface area contributed by atoms with Crippen molar-refractivity contribution in [3.05, 3.63) is 47.4 Å². The molecule has 0 aliphatic carbocycles. The van der Waals surface area contributed by atoms with Crippen LogP contribution in [0.2, 0.25) is 6.32 Å². The number of rotatable bonds is 6. The Morgan fingerprint density at radius 3 is 2.23 bits per heavy atom. The fourth-order valence-corrected chi connectivity index (χ4v) is 1.99. The largest absolute Gasteiger partial charge is 0.468 e. The summed E-state index contributed by atoms with van der Waals surface area (Å²) in [5, 5.41) is 0.541. The fraction of sp³-hybridized carbons (Fsp3) is 0.529. The molecule has 0 spiro atoms. The topological polar surface area (TPSA) is 27.7 Å². The first-order valence-corrected chi connectivity index (χ1v) is 7.80. The Labute approximate surface area is 139 Å². The van der Waals surface area contributed by atoms with Gasteiger partial charge in [-0.05, 0) is 53.2 Å². The van der Waals surface area contributed by atoms with Gasteiger partial charge in [0, 0.05) is 6.32 Å². The smallest absolute Gasteiger partial charge is 0.462 e. The first-order chi connectivity index (χ1) is 10.1. The molecular formula is C17H26BClO3. The number of ether oxygens (including phenoxy) is 1. The van der Waals surface area contributed by atoms with Gasteiger partial charge in [-0.2, -0.15) is 0 Å². The van der Waals surface area contributed by atoms with E-state index in [0.29, 0.717) is 17.1 Å². The average Bonchev–Trinajstić information content (AvgIpc) is 2.60. The molecule has 0 saturated carbocycles. The number of allylic oxidation sites excluding steroid dienone is 6. The summed E-state index contributed by atoms with van der Waals surface area (Å²) in [6.07, 6.45) is 7.50. The molecule has 5 heteroatoms. The van der Waals surface area contributed by atoms with Crippen LogP contribution in [0.25, 0.3) is 0 Å². The Bertz CT molecular complexity index is 488. The lowest BCUT2D eigenvalue weighted by atomic mass is 9.81. The van der Waals surface area contributed by atoms with E-state index in [9.17, 15) is 0 Å². The van der Waals surface area contributed by atoms with Crippen LogP contribution in [0.3, 0.4) is 0 Å². The van der Waals surface area contributed by atoms with Gasteiger partial charge in [-0.1, -0.05) is 30.3 Å². The number of halogens is 1. The van der Waals surface area contributed by atoms with Crippen molar-refractivity contribution in [3.8, 4) is 0 Å². The van der Waals surface area contributed by atoms with Gasteiger partial charge in [0.05, 0.1) is 22.5 Å². The highest BCUT2D eigenvalue weighted by Crippen LogP contribution is 2.38. The molecule has 0 radical (unpaired) electrons. The van der Waals surface area contributed by atoms with Gasteiger partial charge in [-0.3, -0.25) is 0 Å². The van der Waals surface area contributed by atoms with Gasteiger partial charge in [-0.25, -0.2) is 0 Å². The third-order valence-electron chi connectivity index (χ3n) is 3.94. The van der Waals surface area contributed by atoms with Gasteiger partial charge in [-0.15, -0.1) is 0 Å². The Balaban J connectivity index is 2.61. The summed E-state index contributed by atoms with van der Waals surface area (Å²) in [6.45, 7) is 15.6. The molecule has 0 N–H and O–H groups in total. The molecule has 0 atom stereocenters. The van der Waals surface area contributed by atoms with Crippen LogP contribution in [0.5, 0.6) is 0 Å². The minimum atomic E-state index is -0.312. The summed E-state index contributed by atoms with van der Waals surface area (Å²) in [6, 6.07) is 0. The molecule has 1 aliphatic heterocycles. The summed E-state index contributed by atoms with van der Waals surface area (Å²) >= 11 is 6.08. The fourth-order valence-electron chi connectivity index (χ4n) is 1.87. The highest BCUT2D eigenvalue weighted by atomic mass is 35.5. The van der Waals surface area contributed by atoms with Crippen molar-refractivity contribution in [3.63, 3.8) is 0 Å². The maximum atomic E-state index is 6.08. The van der Waals surface area contributed by atoms with Crippen molar-refractivity contribution in [2.75, 3.05) is 0 Å². The van der Waals surface area contributed by atoms with E-state index in [1.807, 2.05) is 41.5 Å². The summed E-state index contributed by atoms with van der Waals surface area (Å²) in [5.41, 5.74) is 0.399. The Morgan fingerprint density at radius 1 is 1.18 bits per heavy atom. The van der Waals surface area contributed by atoms with Crippen LogP contribution in [0, 0.1) is 0 Å². The molecule has 1 heterocycles. The molecule has 1 aliphatic rings. The van der Waals surface area contributed by atoms with E-state index in [0.717, 1.165) is 5.57 Å². The lowest BCUT2D eigenvalue weighted by molar-refractivity contribution is 0.00578. The predicted octanol–water partition coefficient (Wildman–Crippen LogP) is 5.21. The van der Waals surface area contributed by atoms with E-state index in [1.54, 1.807) is 24.5 Å². The van der Waals surface area contributed by atoms with E-state index < -0.39 is 0 Å². The second-order valence-electron chi connectivity index (χ2n) is 6.47. The standard InChI is InChI=1S/C17H26BClO3/c1-8-9-10-15(19)14(3)20-12-13(2)11-18-21-16(4,5)17(6,7)22-18/h8-10,12H,1,11H2,2-7H3/b10-9-,13-12+,15-14-. The maximum absolute atomic E-state index is 6.08. The summed E-state index contributed by atoms with van der Waals surface area (Å²) in [5.74, 6) is 0.632. The van der Waals surface area contributed by atoms with Crippen LogP contribution in [0.4, 0.5) is 0 Å². The van der Waals surface area contributed by atoms with Crippen LogP contribution < -0.4 is 0 Å². The quantitative estimate of drug-likeness (QED) is 0.381. The summed E-state index contributed by atoms with van der Waals surface area (Å²) in [4.78, 5) is 0. The zero-order valence-electron chi connectivity index (χ0n) is 14.4. The van der Waals surface area contributed by atoms with E-state index >= 15 is 0 Å². The molecule has 0 aromatic heterocycles. The van der Waals surface area contributed by atoms with Gasteiger partial charge >= 0.3 is 7.12 Å². The molecule has 0 amide bonds. The average molecular weight is 325 g/mol. The van der Waals surface area contributed by atoms with Gasteiger partial charge < -0.3 is 14.0 Å². The van der Waals surface area contributed by atoms with E-state index in [2.05, 4.69) is 6.58 Å². The van der Waals surface area contributed by atoms with Crippen molar-refractivity contribution in [2.45, 2.75) is 59.1 Å². The molecule has 0 aromatic rings. The highest BCUT2D eigenvalue weighted by molar-refractivity contribution is 6.46. The lowest BCUT2D eigenvalue weighted by Gasteiger charge is -2.32. The van der Waals surface area contributed by atoms with Crippen molar-refractivity contribution in [1.29, 1.82) is 0 Å². The molecule has 1 fully saturated rings. The third kappa shape index (κ3) is 5.04. The van der Waals surface area contributed by atoms with Crippen LogP contribution >= 0.6 is 11.6 Å².